The lowest BCUT2D eigenvalue weighted by atomic mass is 10.1. The summed E-state index contributed by atoms with van der Waals surface area (Å²) in [6.07, 6.45) is 0.964. The predicted octanol–water partition coefficient (Wildman–Crippen LogP) is 4.87. The number of fused-ring (bicyclic) bond motifs is 1. The van der Waals surface area contributed by atoms with Crippen molar-refractivity contribution in [3.8, 4) is 0 Å². The SMILES string of the molecule is CCc1ccc2[nH]c(=O)c(CN(CCN(CC)CC)C(=S)NC(C)c3ccccc3)cc2c1. The first kappa shape index (κ1) is 24.9. The molecule has 0 saturated heterocycles. The van der Waals surface area contributed by atoms with Gasteiger partial charge < -0.3 is 20.1 Å². The summed E-state index contributed by atoms with van der Waals surface area (Å²) in [5.74, 6) is 0. The second-order valence-electron chi connectivity index (χ2n) is 8.43. The van der Waals surface area contributed by atoms with Gasteiger partial charge in [0.05, 0.1) is 12.6 Å². The third kappa shape index (κ3) is 6.65. The third-order valence-corrected chi connectivity index (χ3v) is 6.64. The van der Waals surface area contributed by atoms with Gasteiger partial charge in [0, 0.05) is 24.2 Å². The van der Waals surface area contributed by atoms with Crippen LogP contribution in [0.4, 0.5) is 0 Å². The maximum atomic E-state index is 12.9. The van der Waals surface area contributed by atoms with Gasteiger partial charge in [-0.2, -0.15) is 0 Å². The molecule has 0 aliphatic heterocycles. The minimum Gasteiger partial charge on any atom is -0.356 e. The van der Waals surface area contributed by atoms with Gasteiger partial charge in [-0.1, -0.05) is 57.2 Å². The normalized spacial score (nSPS) is 12.2. The number of hydrogen-bond donors (Lipinski definition) is 2. The molecule has 0 spiro atoms. The Labute approximate surface area is 202 Å². The van der Waals surface area contributed by atoms with E-state index in [4.69, 9.17) is 12.2 Å². The van der Waals surface area contributed by atoms with E-state index in [1.54, 1.807) is 0 Å². The number of H-pyrrole nitrogens is 1. The number of rotatable bonds is 10. The summed E-state index contributed by atoms with van der Waals surface area (Å²) in [6, 6.07) is 18.6. The van der Waals surface area contributed by atoms with E-state index >= 15 is 0 Å². The summed E-state index contributed by atoms with van der Waals surface area (Å²) in [6.45, 7) is 12.7. The van der Waals surface area contributed by atoms with Crippen LogP contribution >= 0.6 is 12.2 Å². The molecule has 3 aromatic rings. The lowest BCUT2D eigenvalue weighted by molar-refractivity contribution is 0.262. The Bertz CT molecular complexity index is 1110. The highest BCUT2D eigenvalue weighted by atomic mass is 32.1. The summed E-state index contributed by atoms with van der Waals surface area (Å²) in [4.78, 5) is 20.4. The molecule has 0 aliphatic rings. The van der Waals surface area contributed by atoms with Gasteiger partial charge in [0.15, 0.2) is 5.11 Å². The van der Waals surface area contributed by atoms with Crippen molar-refractivity contribution in [2.75, 3.05) is 26.2 Å². The fraction of sp³-hybridized carbons (Fsp3) is 0.407. The van der Waals surface area contributed by atoms with Crippen molar-refractivity contribution < 1.29 is 0 Å². The zero-order valence-corrected chi connectivity index (χ0v) is 21.0. The van der Waals surface area contributed by atoms with Crippen molar-refractivity contribution in [3.05, 3.63) is 81.6 Å². The highest BCUT2D eigenvalue weighted by molar-refractivity contribution is 7.80. The van der Waals surface area contributed by atoms with Gasteiger partial charge in [0.2, 0.25) is 0 Å². The standard InChI is InChI=1S/C27H36N4OS/c1-5-21-13-14-25-23(17-21)18-24(26(32)29-25)19-31(16-15-30(6-2)7-3)27(33)28-20(4)22-11-9-8-10-12-22/h8-14,17-18,20H,5-7,15-16,19H2,1-4H3,(H,28,33)(H,29,32). The van der Waals surface area contributed by atoms with Gasteiger partial charge in [-0.3, -0.25) is 4.79 Å². The fourth-order valence-corrected chi connectivity index (χ4v) is 4.33. The van der Waals surface area contributed by atoms with E-state index in [1.165, 1.54) is 11.1 Å². The second kappa shape index (κ2) is 12.0. The molecule has 33 heavy (non-hydrogen) atoms. The summed E-state index contributed by atoms with van der Waals surface area (Å²) in [5, 5.41) is 5.20. The molecular formula is C27H36N4OS. The lowest BCUT2D eigenvalue weighted by Crippen LogP contribution is -2.44. The Morgan fingerprint density at radius 1 is 1.03 bits per heavy atom. The Morgan fingerprint density at radius 2 is 1.76 bits per heavy atom. The highest BCUT2D eigenvalue weighted by Gasteiger charge is 2.17. The van der Waals surface area contributed by atoms with E-state index in [9.17, 15) is 4.79 Å². The molecule has 0 saturated carbocycles. The highest BCUT2D eigenvalue weighted by Crippen LogP contribution is 2.16. The zero-order chi connectivity index (χ0) is 23.8. The molecule has 0 bridgehead atoms. The van der Waals surface area contributed by atoms with Crippen LogP contribution in [0.3, 0.4) is 0 Å². The van der Waals surface area contributed by atoms with Gasteiger partial charge in [-0.25, -0.2) is 0 Å². The molecule has 1 atom stereocenters. The predicted molar refractivity (Wildman–Crippen MR) is 143 cm³/mol. The van der Waals surface area contributed by atoms with Gasteiger partial charge in [-0.15, -0.1) is 0 Å². The smallest absolute Gasteiger partial charge is 0.253 e. The number of aryl methyl sites for hydroxylation is 1. The van der Waals surface area contributed by atoms with Gasteiger partial charge in [-0.05, 0) is 73.4 Å². The molecule has 2 N–H and O–H groups in total. The van der Waals surface area contributed by atoms with E-state index in [1.807, 2.05) is 30.3 Å². The molecule has 0 amide bonds. The van der Waals surface area contributed by atoms with Crippen LogP contribution < -0.4 is 10.9 Å². The number of thiocarbonyl (C=S) groups is 1. The van der Waals surface area contributed by atoms with Gasteiger partial charge >= 0.3 is 0 Å². The maximum absolute atomic E-state index is 12.9. The van der Waals surface area contributed by atoms with Crippen LogP contribution in [0.2, 0.25) is 0 Å². The van der Waals surface area contributed by atoms with Crippen molar-refractivity contribution in [2.45, 2.75) is 46.7 Å². The summed E-state index contributed by atoms with van der Waals surface area (Å²) < 4.78 is 0. The van der Waals surface area contributed by atoms with E-state index in [0.717, 1.165) is 49.1 Å². The van der Waals surface area contributed by atoms with Crippen molar-refractivity contribution in [1.82, 2.24) is 20.1 Å². The number of pyridine rings is 1. The monoisotopic (exact) mass is 464 g/mol. The second-order valence-corrected chi connectivity index (χ2v) is 8.82. The molecule has 0 aliphatic carbocycles. The van der Waals surface area contributed by atoms with E-state index in [-0.39, 0.29) is 11.6 Å². The van der Waals surface area contributed by atoms with Crippen LogP contribution in [-0.4, -0.2) is 46.1 Å². The Morgan fingerprint density at radius 3 is 2.42 bits per heavy atom. The minimum absolute atomic E-state index is 0.0569. The molecule has 0 fully saturated rings. The summed E-state index contributed by atoms with van der Waals surface area (Å²) in [5.41, 5.74) is 3.98. The quantitative estimate of drug-likeness (QED) is 0.419. The molecule has 0 radical (unpaired) electrons. The number of nitrogens with zero attached hydrogens (tertiary/aromatic N) is 2. The van der Waals surface area contributed by atoms with Crippen LogP contribution in [0.15, 0.2) is 59.4 Å². The molecule has 6 heteroatoms. The number of likely N-dealkylation sites (N-methyl/N-ethyl adjacent to an activating group) is 1. The first-order valence-corrected chi connectivity index (χ1v) is 12.3. The van der Waals surface area contributed by atoms with Crippen molar-refractivity contribution in [2.24, 2.45) is 0 Å². The molecule has 3 rings (SSSR count). The van der Waals surface area contributed by atoms with E-state index in [0.29, 0.717) is 11.7 Å². The topological polar surface area (TPSA) is 51.4 Å². The van der Waals surface area contributed by atoms with E-state index in [2.05, 4.69) is 72.1 Å². The van der Waals surface area contributed by atoms with Crippen molar-refractivity contribution in [3.63, 3.8) is 0 Å². The molecule has 1 unspecified atom stereocenters. The average Bonchev–Trinajstić information content (AvgIpc) is 2.84. The summed E-state index contributed by atoms with van der Waals surface area (Å²) >= 11 is 5.84. The van der Waals surface area contributed by atoms with Gasteiger partial charge in [0.25, 0.3) is 5.56 Å². The molecule has 176 valence electrons. The third-order valence-electron chi connectivity index (χ3n) is 6.26. The van der Waals surface area contributed by atoms with Crippen LogP contribution in [0.5, 0.6) is 0 Å². The van der Waals surface area contributed by atoms with Crippen molar-refractivity contribution in [1.29, 1.82) is 0 Å². The minimum atomic E-state index is -0.0569. The molecule has 1 aromatic heterocycles. The van der Waals surface area contributed by atoms with Crippen LogP contribution in [0.1, 0.15) is 50.4 Å². The number of nitrogens with one attached hydrogen (secondary N) is 2. The average molecular weight is 465 g/mol. The summed E-state index contributed by atoms with van der Waals surface area (Å²) in [7, 11) is 0. The number of aromatic nitrogens is 1. The van der Waals surface area contributed by atoms with Crippen LogP contribution in [-0.2, 0) is 13.0 Å². The molecule has 2 aromatic carbocycles. The number of hydrogen-bond acceptors (Lipinski definition) is 3. The Kier molecular flexibility index (Phi) is 9.03. The Balaban J connectivity index is 1.84. The Hall–Kier alpha value is -2.70. The van der Waals surface area contributed by atoms with Gasteiger partial charge in [0.1, 0.15) is 0 Å². The molecular weight excluding hydrogens is 428 g/mol. The van der Waals surface area contributed by atoms with E-state index < -0.39 is 0 Å². The number of aromatic amines is 1. The van der Waals surface area contributed by atoms with Crippen LogP contribution in [0.25, 0.3) is 10.9 Å². The maximum Gasteiger partial charge on any atom is 0.253 e. The fourth-order valence-electron chi connectivity index (χ4n) is 4.00. The molecule has 5 nitrogen and oxygen atoms in total. The number of benzene rings is 2. The zero-order valence-electron chi connectivity index (χ0n) is 20.2. The lowest BCUT2D eigenvalue weighted by Gasteiger charge is -2.30. The van der Waals surface area contributed by atoms with Crippen LogP contribution in [0, 0.1) is 0 Å². The van der Waals surface area contributed by atoms with Crippen molar-refractivity contribution >= 4 is 28.2 Å². The largest absolute Gasteiger partial charge is 0.356 e. The first-order valence-electron chi connectivity index (χ1n) is 11.9. The molecule has 1 heterocycles. The first-order chi connectivity index (χ1) is 15.9.